The molecule has 43 heavy (non-hydrogen) atoms. The number of furan rings is 1. The molecule has 0 bridgehead atoms. The van der Waals surface area contributed by atoms with Gasteiger partial charge in [0.1, 0.15) is 17.1 Å². The summed E-state index contributed by atoms with van der Waals surface area (Å²) in [6.45, 7) is 10.7. The van der Waals surface area contributed by atoms with Crippen LogP contribution in [-0.4, -0.2) is 59.1 Å². The number of nitrogens with zero attached hydrogens (tertiary/aromatic N) is 1. The molecule has 0 atom stereocenters. The van der Waals surface area contributed by atoms with E-state index in [0.717, 1.165) is 49.1 Å². The summed E-state index contributed by atoms with van der Waals surface area (Å²) in [7, 11) is 0. The molecule has 0 amide bonds. The van der Waals surface area contributed by atoms with Gasteiger partial charge in [-0.2, -0.15) is 0 Å². The van der Waals surface area contributed by atoms with E-state index in [1.54, 1.807) is 0 Å². The van der Waals surface area contributed by atoms with Crippen LogP contribution in [0.3, 0.4) is 0 Å². The number of hydrogen-bond donors (Lipinski definition) is 3. The van der Waals surface area contributed by atoms with Crippen LogP contribution >= 0.6 is 0 Å². The monoisotopic (exact) mass is 594 g/mol. The lowest BCUT2D eigenvalue weighted by Crippen LogP contribution is -2.28. The molecular formula is C34H46N2O7. The molecular weight excluding hydrogens is 548 g/mol. The Kier molecular flexibility index (Phi) is 15.6. The van der Waals surface area contributed by atoms with Crippen LogP contribution < -0.4 is 10.5 Å². The normalized spacial score (nSPS) is 11.1. The summed E-state index contributed by atoms with van der Waals surface area (Å²) in [6, 6.07) is 13.0. The Bertz CT molecular complexity index is 1300. The van der Waals surface area contributed by atoms with E-state index in [9.17, 15) is 14.4 Å². The second-order valence-electron chi connectivity index (χ2n) is 10.4. The largest absolute Gasteiger partial charge is 0.494 e. The number of carbonyl (C=O) groups excluding carboxylic acids is 1. The Morgan fingerprint density at radius 3 is 1.98 bits per heavy atom. The van der Waals surface area contributed by atoms with Gasteiger partial charge in [0, 0.05) is 41.8 Å². The molecule has 9 nitrogen and oxygen atoms in total. The van der Waals surface area contributed by atoms with Gasteiger partial charge in [0.05, 0.1) is 12.2 Å². The van der Waals surface area contributed by atoms with Gasteiger partial charge >= 0.3 is 11.9 Å². The third kappa shape index (κ3) is 12.3. The minimum atomic E-state index is -1.26. The molecule has 0 aliphatic carbocycles. The van der Waals surface area contributed by atoms with E-state index < -0.39 is 11.9 Å². The number of nitrogens with two attached hydrogens (primary N) is 1. The lowest BCUT2D eigenvalue weighted by Gasteiger charge is -2.21. The Labute approximate surface area is 254 Å². The van der Waals surface area contributed by atoms with Gasteiger partial charge in [0.15, 0.2) is 5.78 Å². The van der Waals surface area contributed by atoms with Crippen molar-refractivity contribution in [2.75, 3.05) is 32.0 Å². The zero-order valence-electron chi connectivity index (χ0n) is 25.6. The van der Waals surface area contributed by atoms with E-state index in [0.29, 0.717) is 41.2 Å². The Morgan fingerprint density at radius 2 is 1.42 bits per heavy atom. The molecule has 9 heteroatoms. The number of hydrogen-bond acceptors (Lipinski definition) is 7. The van der Waals surface area contributed by atoms with Crippen molar-refractivity contribution in [2.45, 2.75) is 72.1 Å². The molecule has 0 fully saturated rings. The van der Waals surface area contributed by atoms with Gasteiger partial charge in [0.2, 0.25) is 0 Å². The van der Waals surface area contributed by atoms with Crippen LogP contribution in [0.2, 0.25) is 0 Å². The maximum atomic E-state index is 13.5. The molecule has 0 saturated heterocycles. The number of ketones is 1. The van der Waals surface area contributed by atoms with Gasteiger partial charge < -0.3 is 30.0 Å². The van der Waals surface area contributed by atoms with Crippen molar-refractivity contribution in [1.82, 2.24) is 4.90 Å². The maximum absolute atomic E-state index is 13.5. The molecule has 0 saturated carbocycles. The van der Waals surface area contributed by atoms with Gasteiger partial charge in [-0.25, -0.2) is 9.59 Å². The molecule has 0 aliphatic rings. The van der Waals surface area contributed by atoms with Crippen LogP contribution in [-0.2, 0) is 16.0 Å². The molecule has 4 N–H and O–H groups in total. The first kappa shape index (κ1) is 35.1. The highest BCUT2D eigenvalue weighted by Gasteiger charge is 2.22. The van der Waals surface area contributed by atoms with Crippen molar-refractivity contribution >= 4 is 34.4 Å². The molecule has 0 unspecified atom stereocenters. The van der Waals surface area contributed by atoms with Crippen LogP contribution in [0, 0.1) is 0 Å². The average molecular weight is 595 g/mol. The third-order valence-electron chi connectivity index (χ3n) is 6.80. The summed E-state index contributed by atoms with van der Waals surface area (Å²) >= 11 is 0. The SMILES string of the molecule is CCCCc1oc2ccc(N)cc2c1C(=O)c1ccc(OCCCN(CCCC)CCCC)cc1.O=C(O)/C=C/C(=O)O. The van der Waals surface area contributed by atoms with E-state index in [-0.39, 0.29) is 5.78 Å². The van der Waals surface area contributed by atoms with Crippen molar-refractivity contribution < 1.29 is 33.8 Å². The van der Waals surface area contributed by atoms with Gasteiger partial charge in [-0.15, -0.1) is 0 Å². The number of anilines is 1. The van der Waals surface area contributed by atoms with E-state index >= 15 is 0 Å². The number of aliphatic carboxylic acids is 2. The van der Waals surface area contributed by atoms with Gasteiger partial charge in [-0.3, -0.25) is 4.79 Å². The quantitative estimate of drug-likeness (QED) is 0.0615. The molecule has 0 aliphatic heterocycles. The number of rotatable bonds is 18. The second kappa shape index (κ2) is 19.2. The van der Waals surface area contributed by atoms with Crippen molar-refractivity contribution in [3.63, 3.8) is 0 Å². The van der Waals surface area contributed by atoms with Gasteiger partial charge in [-0.1, -0.05) is 40.0 Å². The molecule has 2 aromatic carbocycles. The molecule has 234 valence electrons. The highest BCUT2D eigenvalue weighted by Crippen LogP contribution is 2.31. The molecule has 3 rings (SSSR count). The van der Waals surface area contributed by atoms with E-state index in [1.807, 2.05) is 42.5 Å². The summed E-state index contributed by atoms with van der Waals surface area (Å²) in [4.78, 5) is 35.1. The van der Waals surface area contributed by atoms with Gasteiger partial charge in [-0.05, 0) is 81.2 Å². The zero-order chi connectivity index (χ0) is 31.6. The molecule has 0 radical (unpaired) electrons. The second-order valence-corrected chi connectivity index (χ2v) is 10.4. The molecule has 1 aromatic heterocycles. The zero-order valence-corrected chi connectivity index (χ0v) is 25.6. The standard InChI is InChI=1S/C30H42N2O3.C4H4O4/c1-4-7-11-28-29(26-22-24(31)14-17-27(26)35-28)30(33)23-12-15-25(16-13-23)34-21-10-20-32(18-8-5-2)19-9-6-3;5-3(6)1-2-4(7)8/h12-17,22H,4-11,18-21,31H2,1-3H3;1-2H,(H,5,6)(H,7,8)/b;2-1+. The number of fused-ring (bicyclic) bond motifs is 1. The number of benzene rings is 2. The summed E-state index contributed by atoms with van der Waals surface area (Å²) in [5, 5.41) is 16.4. The summed E-state index contributed by atoms with van der Waals surface area (Å²) in [5.74, 6) is -1.01. The third-order valence-corrected chi connectivity index (χ3v) is 6.80. The van der Waals surface area contributed by atoms with Crippen molar-refractivity contribution in [2.24, 2.45) is 0 Å². The van der Waals surface area contributed by atoms with E-state index in [1.165, 1.54) is 38.8 Å². The van der Waals surface area contributed by atoms with E-state index in [4.69, 9.17) is 25.1 Å². The lowest BCUT2D eigenvalue weighted by molar-refractivity contribution is -0.134. The molecule has 0 spiro atoms. The van der Waals surface area contributed by atoms with Crippen molar-refractivity contribution in [3.8, 4) is 5.75 Å². The fourth-order valence-electron chi connectivity index (χ4n) is 4.49. The van der Waals surface area contributed by atoms with Crippen LogP contribution in [0.5, 0.6) is 5.75 Å². The number of carboxylic acid groups (broad SMARTS) is 2. The summed E-state index contributed by atoms with van der Waals surface area (Å²) in [5.41, 5.74) is 8.61. The van der Waals surface area contributed by atoms with Crippen molar-refractivity contribution in [1.29, 1.82) is 0 Å². The Morgan fingerprint density at radius 1 is 0.837 bits per heavy atom. The number of ether oxygens (including phenoxy) is 1. The Hall–Kier alpha value is -4.11. The van der Waals surface area contributed by atoms with E-state index in [2.05, 4.69) is 25.7 Å². The average Bonchev–Trinajstić information content (AvgIpc) is 3.35. The minimum absolute atomic E-state index is 0.0329. The molecule has 1 heterocycles. The predicted octanol–water partition coefficient (Wildman–Crippen LogP) is 6.97. The van der Waals surface area contributed by atoms with Crippen molar-refractivity contribution in [3.05, 3.63) is 71.5 Å². The Balaban J connectivity index is 0.000000708. The minimum Gasteiger partial charge on any atom is -0.494 e. The number of aryl methyl sites for hydroxylation is 1. The smallest absolute Gasteiger partial charge is 0.328 e. The lowest BCUT2D eigenvalue weighted by atomic mass is 9.98. The molecule has 3 aromatic rings. The number of carbonyl (C=O) groups is 3. The maximum Gasteiger partial charge on any atom is 0.328 e. The number of nitrogen functional groups attached to an aromatic ring is 1. The first-order valence-corrected chi connectivity index (χ1v) is 15.1. The van der Waals surface area contributed by atoms with Crippen LogP contribution in [0.4, 0.5) is 5.69 Å². The first-order valence-electron chi connectivity index (χ1n) is 15.1. The highest BCUT2D eigenvalue weighted by molar-refractivity contribution is 6.17. The van der Waals surface area contributed by atoms with Crippen LogP contribution in [0.25, 0.3) is 11.0 Å². The number of unbranched alkanes of at least 4 members (excludes halogenated alkanes) is 3. The van der Waals surface area contributed by atoms with Crippen LogP contribution in [0.15, 0.2) is 59.0 Å². The predicted molar refractivity (Wildman–Crippen MR) is 170 cm³/mol. The van der Waals surface area contributed by atoms with Gasteiger partial charge in [0.25, 0.3) is 0 Å². The highest BCUT2D eigenvalue weighted by atomic mass is 16.5. The first-order chi connectivity index (χ1) is 20.7. The summed E-state index contributed by atoms with van der Waals surface area (Å²) in [6.07, 6.45) is 9.81. The topological polar surface area (TPSA) is 143 Å². The summed E-state index contributed by atoms with van der Waals surface area (Å²) < 4.78 is 12.0. The number of carboxylic acids is 2. The fourth-order valence-corrected chi connectivity index (χ4v) is 4.49. The van der Waals surface area contributed by atoms with Crippen LogP contribution in [0.1, 0.15) is 87.4 Å². The fraction of sp³-hybridized carbons (Fsp3) is 0.441.